The molecular weight excluding hydrogens is 405 g/mol. The average molecular weight is 421 g/mol. The van der Waals surface area contributed by atoms with E-state index in [1.165, 1.54) is 0 Å². The van der Waals surface area contributed by atoms with Crippen LogP contribution in [0.5, 0.6) is 0 Å². The molecule has 0 spiro atoms. The van der Waals surface area contributed by atoms with E-state index in [0.717, 1.165) is 9.26 Å². The monoisotopic (exact) mass is 421 g/mol. The molecule has 0 bridgehead atoms. The molecule has 0 amide bonds. The van der Waals surface area contributed by atoms with Crippen molar-refractivity contribution in [1.82, 2.24) is 9.97 Å². The Labute approximate surface area is 133 Å². The van der Waals surface area contributed by atoms with Crippen molar-refractivity contribution in [2.45, 2.75) is 38.7 Å². The summed E-state index contributed by atoms with van der Waals surface area (Å²) in [6.07, 6.45) is -3.76. The van der Waals surface area contributed by atoms with E-state index in [0.29, 0.717) is 5.82 Å². The molecule has 0 aliphatic rings. The van der Waals surface area contributed by atoms with E-state index in [4.69, 9.17) is 0 Å². The van der Waals surface area contributed by atoms with Gasteiger partial charge in [0.15, 0.2) is 5.82 Å². The van der Waals surface area contributed by atoms with Crippen LogP contribution in [0.3, 0.4) is 0 Å². The second-order valence-corrected chi connectivity index (χ2v) is 5.73. The van der Waals surface area contributed by atoms with Crippen molar-refractivity contribution in [1.29, 1.82) is 0 Å². The summed E-state index contributed by atoms with van der Waals surface area (Å²) in [6, 6.07) is 0. The predicted molar refractivity (Wildman–Crippen MR) is 79.0 cm³/mol. The molecule has 0 radical (unpaired) electrons. The van der Waals surface area contributed by atoms with Gasteiger partial charge >= 0.3 is 12.3 Å². The summed E-state index contributed by atoms with van der Waals surface area (Å²) >= 11 is 2.08. The summed E-state index contributed by atoms with van der Waals surface area (Å²) in [5.74, 6) is -3.34. The van der Waals surface area contributed by atoms with Crippen LogP contribution in [-0.4, -0.2) is 36.0 Å². The molecule has 0 saturated heterocycles. The lowest BCUT2D eigenvalue weighted by Crippen LogP contribution is -2.32. The van der Waals surface area contributed by atoms with Crippen LogP contribution in [0, 0.1) is 3.57 Å². The van der Waals surface area contributed by atoms with Crippen LogP contribution >= 0.6 is 22.6 Å². The van der Waals surface area contributed by atoms with Gasteiger partial charge in [-0.1, -0.05) is 13.8 Å². The Bertz CT molecular complexity index is 486. The molecule has 0 aliphatic carbocycles. The number of alkyl halides is 4. The first kappa shape index (κ1) is 18.3. The highest BCUT2D eigenvalue weighted by atomic mass is 127. The van der Waals surface area contributed by atoms with Crippen LogP contribution in [0.4, 0.5) is 23.4 Å². The van der Waals surface area contributed by atoms with Crippen molar-refractivity contribution < 1.29 is 22.3 Å². The maximum absolute atomic E-state index is 12.7. The van der Waals surface area contributed by atoms with E-state index in [1.807, 2.05) is 13.8 Å². The summed E-state index contributed by atoms with van der Waals surface area (Å²) in [4.78, 5) is 8.34. The predicted octanol–water partition coefficient (Wildman–Crippen LogP) is 3.66. The summed E-state index contributed by atoms with van der Waals surface area (Å²) < 4.78 is 54.9. The fraction of sp³-hybridized carbons (Fsp3) is 0.667. The minimum Gasteiger partial charge on any atom is -0.372 e. The fourth-order valence-electron chi connectivity index (χ4n) is 1.47. The van der Waals surface area contributed by atoms with Gasteiger partial charge in [-0.25, -0.2) is 18.7 Å². The van der Waals surface area contributed by atoms with Crippen molar-refractivity contribution in [3.63, 3.8) is 0 Å². The molecule has 0 fully saturated rings. The minimum absolute atomic E-state index is 0.105. The number of anilines is 1. The Kier molecular flexibility index (Phi) is 6.57. The molecule has 1 heterocycles. The second-order valence-electron chi connectivity index (χ2n) is 4.65. The Morgan fingerprint density at radius 2 is 1.90 bits per heavy atom. The SMILES string of the molecule is CNc1nc(COCC(F)(F)C(F)F)nc(C(C)C)c1I. The molecule has 0 unspecified atom stereocenters. The molecule has 120 valence electrons. The van der Waals surface area contributed by atoms with E-state index < -0.39 is 19.0 Å². The van der Waals surface area contributed by atoms with Crippen LogP contribution in [0.25, 0.3) is 0 Å². The molecule has 21 heavy (non-hydrogen) atoms. The average Bonchev–Trinajstić information content (AvgIpc) is 2.39. The van der Waals surface area contributed by atoms with Gasteiger partial charge in [0.1, 0.15) is 19.0 Å². The zero-order valence-electron chi connectivity index (χ0n) is 11.8. The number of rotatable bonds is 7. The second kappa shape index (κ2) is 7.52. The molecule has 0 atom stereocenters. The van der Waals surface area contributed by atoms with Crippen molar-refractivity contribution in [2.24, 2.45) is 0 Å². The van der Waals surface area contributed by atoms with Gasteiger partial charge in [0.05, 0.1) is 9.26 Å². The lowest BCUT2D eigenvalue weighted by atomic mass is 10.1. The molecular formula is C12H16F4IN3O. The first-order chi connectivity index (χ1) is 9.69. The number of nitrogens with one attached hydrogen (secondary N) is 1. The lowest BCUT2D eigenvalue weighted by Gasteiger charge is -2.16. The molecule has 9 heteroatoms. The van der Waals surface area contributed by atoms with E-state index >= 15 is 0 Å². The maximum atomic E-state index is 12.7. The zero-order valence-corrected chi connectivity index (χ0v) is 13.9. The Morgan fingerprint density at radius 3 is 2.38 bits per heavy atom. The first-order valence-corrected chi connectivity index (χ1v) is 7.24. The summed E-state index contributed by atoms with van der Waals surface area (Å²) in [6.45, 7) is 2.14. The van der Waals surface area contributed by atoms with E-state index in [1.54, 1.807) is 7.05 Å². The molecule has 0 aliphatic heterocycles. The van der Waals surface area contributed by atoms with Gasteiger partial charge in [-0.2, -0.15) is 8.78 Å². The van der Waals surface area contributed by atoms with Gasteiger partial charge in [0, 0.05) is 7.05 Å². The smallest absolute Gasteiger partial charge is 0.330 e. The van der Waals surface area contributed by atoms with Gasteiger partial charge in [0.2, 0.25) is 0 Å². The number of hydrogen-bond donors (Lipinski definition) is 1. The summed E-state index contributed by atoms with van der Waals surface area (Å²) in [5.41, 5.74) is 0.745. The third-order valence-electron chi connectivity index (χ3n) is 2.55. The third kappa shape index (κ3) is 4.90. The van der Waals surface area contributed by atoms with Crippen molar-refractivity contribution in [3.05, 3.63) is 15.1 Å². The highest BCUT2D eigenvalue weighted by Gasteiger charge is 2.41. The first-order valence-electron chi connectivity index (χ1n) is 6.16. The molecule has 1 rings (SSSR count). The topological polar surface area (TPSA) is 47.0 Å². The molecule has 1 aromatic heterocycles. The number of ether oxygens (including phenoxy) is 1. The molecule has 4 nitrogen and oxygen atoms in total. The normalized spacial score (nSPS) is 12.3. The van der Waals surface area contributed by atoms with Crippen LogP contribution in [0.1, 0.15) is 31.3 Å². The van der Waals surface area contributed by atoms with Crippen LogP contribution < -0.4 is 5.32 Å². The number of nitrogens with zero attached hydrogens (tertiary/aromatic N) is 2. The molecule has 1 aromatic rings. The summed E-state index contributed by atoms with van der Waals surface area (Å²) in [7, 11) is 1.67. The molecule has 1 N–H and O–H groups in total. The van der Waals surface area contributed by atoms with Gasteiger partial charge in [-0.15, -0.1) is 0 Å². The molecule has 0 aromatic carbocycles. The highest BCUT2D eigenvalue weighted by Crippen LogP contribution is 2.26. The lowest BCUT2D eigenvalue weighted by molar-refractivity contribution is -0.168. The van der Waals surface area contributed by atoms with Crippen molar-refractivity contribution in [2.75, 3.05) is 19.0 Å². The van der Waals surface area contributed by atoms with Gasteiger partial charge < -0.3 is 10.1 Å². The highest BCUT2D eigenvalue weighted by molar-refractivity contribution is 14.1. The third-order valence-corrected chi connectivity index (χ3v) is 3.62. The largest absolute Gasteiger partial charge is 0.372 e. The van der Waals surface area contributed by atoms with Crippen LogP contribution in [0.15, 0.2) is 0 Å². The van der Waals surface area contributed by atoms with Crippen molar-refractivity contribution >= 4 is 28.4 Å². The number of hydrogen-bond acceptors (Lipinski definition) is 4. The van der Waals surface area contributed by atoms with E-state index in [2.05, 4.69) is 42.6 Å². The van der Waals surface area contributed by atoms with Gasteiger partial charge in [-0.3, -0.25) is 0 Å². The standard InChI is InChI=1S/C12H16F4IN3O/c1-6(2)9-8(17)10(18-3)20-7(19-9)4-21-5-12(15,16)11(13)14/h6,11H,4-5H2,1-3H3,(H,18,19,20). The number of halogens is 5. The molecule has 0 saturated carbocycles. The zero-order chi connectivity index (χ0) is 16.2. The summed E-state index contributed by atoms with van der Waals surface area (Å²) in [5, 5.41) is 2.87. The Hall–Kier alpha value is -0.710. The van der Waals surface area contributed by atoms with Crippen molar-refractivity contribution in [3.8, 4) is 0 Å². The van der Waals surface area contributed by atoms with E-state index in [9.17, 15) is 17.6 Å². The van der Waals surface area contributed by atoms with Crippen LogP contribution in [-0.2, 0) is 11.3 Å². The van der Waals surface area contributed by atoms with E-state index in [-0.39, 0.29) is 18.3 Å². The Morgan fingerprint density at radius 1 is 1.29 bits per heavy atom. The number of aromatic nitrogens is 2. The van der Waals surface area contributed by atoms with Gasteiger partial charge in [0.25, 0.3) is 0 Å². The quantitative estimate of drug-likeness (QED) is 0.540. The fourth-order valence-corrected chi connectivity index (χ4v) is 2.60. The van der Waals surface area contributed by atoms with Crippen LogP contribution in [0.2, 0.25) is 0 Å². The Balaban J connectivity index is 2.83. The maximum Gasteiger partial charge on any atom is 0.330 e. The van der Waals surface area contributed by atoms with Gasteiger partial charge in [-0.05, 0) is 28.5 Å². The minimum atomic E-state index is -4.17.